The van der Waals surface area contributed by atoms with E-state index in [2.05, 4.69) is 6.92 Å². The molecule has 0 bridgehead atoms. The number of carbonyl (C=O) groups excluding carboxylic acids is 1. The summed E-state index contributed by atoms with van der Waals surface area (Å²) in [7, 11) is 1.73. The maximum absolute atomic E-state index is 11.9. The van der Waals surface area contributed by atoms with Crippen LogP contribution < -0.4 is 5.73 Å². The van der Waals surface area contributed by atoms with Crippen LogP contribution in [0.5, 0.6) is 0 Å². The summed E-state index contributed by atoms with van der Waals surface area (Å²) in [6, 6.07) is -0.302. The SMILES string of the molecule is CCC[C@H](N)C(=O)N1CCC(COC)CC1. The van der Waals surface area contributed by atoms with Gasteiger partial charge in [-0.1, -0.05) is 13.3 Å². The van der Waals surface area contributed by atoms with Crippen molar-refractivity contribution in [2.75, 3.05) is 26.8 Å². The fraction of sp³-hybridized carbons (Fsp3) is 0.917. The molecule has 0 aromatic heterocycles. The Balaban J connectivity index is 2.32. The first-order valence-electron chi connectivity index (χ1n) is 6.22. The van der Waals surface area contributed by atoms with Crippen LogP contribution >= 0.6 is 0 Å². The zero-order chi connectivity index (χ0) is 12.0. The van der Waals surface area contributed by atoms with Gasteiger partial charge in [0.25, 0.3) is 0 Å². The van der Waals surface area contributed by atoms with Crippen molar-refractivity contribution in [1.82, 2.24) is 4.90 Å². The number of nitrogens with zero attached hydrogens (tertiary/aromatic N) is 1. The van der Waals surface area contributed by atoms with E-state index in [-0.39, 0.29) is 11.9 Å². The van der Waals surface area contributed by atoms with Crippen LogP contribution in [0.2, 0.25) is 0 Å². The smallest absolute Gasteiger partial charge is 0.239 e. The van der Waals surface area contributed by atoms with Crippen molar-refractivity contribution in [2.24, 2.45) is 11.7 Å². The second kappa shape index (κ2) is 6.86. The first kappa shape index (κ1) is 13.5. The molecule has 4 nitrogen and oxygen atoms in total. The normalized spacial score (nSPS) is 19.8. The molecule has 0 aromatic carbocycles. The van der Waals surface area contributed by atoms with Crippen molar-refractivity contribution in [1.29, 1.82) is 0 Å². The highest BCUT2D eigenvalue weighted by atomic mass is 16.5. The van der Waals surface area contributed by atoms with Crippen LogP contribution in [0.1, 0.15) is 32.6 Å². The van der Waals surface area contributed by atoms with Crippen molar-refractivity contribution in [3.05, 3.63) is 0 Å². The summed E-state index contributed by atoms with van der Waals surface area (Å²) in [5, 5.41) is 0. The van der Waals surface area contributed by atoms with Gasteiger partial charge in [-0.3, -0.25) is 4.79 Å². The third-order valence-electron chi connectivity index (χ3n) is 3.25. The Bertz CT molecular complexity index is 213. The Morgan fingerprint density at radius 1 is 1.50 bits per heavy atom. The number of hydrogen-bond acceptors (Lipinski definition) is 3. The third-order valence-corrected chi connectivity index (χ3v) is 3.25. The maximum Gasteiger partial charge on any atom is 0.239 e. The topological polar surface area (TPSA) is 55.6 Å². The molecule has 1 aliphatic rings. The van der Waals surface area contributed by atoms with Crippen molar-refractivity contribution >= 4 is 5.91 Å². The average molecular weight is 228 g/mol. The number of piperidine rings is 1. The summed E-state index contributed by atoms with van der Waals surface area (Å²) in [6.07, 6.45) is 3.83. The van der Waals surface area contributed by atoms with Gasteiger partial charge in [0, 0.05) is 26.8 Å². The van der Waals surface area contributed by atoms with E-state index in [4.69, 9.17) is 10.5 Å². The molecule has 0 aliphatic carbocycles. The predicted octanol–water partition coefficient (Wildman–Crippen LogP) is 0.999. The van der Waals surface area contributed by atoms with Crippen molar-refractivity contribution in [3.8, 4) is 0 Å². The van der Waals surface area contributed by atoms with E-state index in [1.807, 2.05) is 4.90 Å². The molecule has 0 saturated carbocycles. The summed E-state index contributed by atoms with van der Waals surface area (Å²) in [5.41, 5.74) is 5.84. The fourth-order valence-corrected chi connectivity index (χ4v) is 2.22. The largest absolute Gasteiger partial charge is 0.384 e. The fourth-order valence-electron chi connectivity index (χ4n) is 2.22. The quantitative estimate of drug-likeness (QED) is 0.763. The summed E-state index contributed by atoms with van der Waals surface area (Å²) in [6.45, 7) is 4.54. The number of methoxy groups -OCH3 is 1. The van der Waals surface area contributed by atoms with Gasteiger partial charge in [0.05, 0.1) is 6.04 Å². The summed E-state index contributed by atoms with van der Waals surface area (Å²) >= 11 is 0. The molecule has 1 fully saturated rings. The lowest BCUT2D eigenvalue weighted by molar-refractivity contribution is -0.134. The van der Waals surface area contributed by atoms with Crippen LogP contribution in [-0.2, 0) is 9.53 Å². The maximum atomic E-state index is 11.9. The Hall–Kier alpha value is -0.610. The van der Waals surface area contributed by atoms with Gasteiger partial charge in [0.2, 0.25) is 5.91 Å². The monoisotopic (exact) mass is 228 g/mol. The summed E-state index contributed by atoms with van der Waals surface area (Å²) in [5.74, 6) is 0.731. The van der Waals surface area contributed by atoms with Gasteiger partial charge in [-0.2, -0.15) is 0 Å². The van der Waals surface area contributed by atoms with E-state index in [9.17, 15) is 4.79 Å². The minimum absolute atomic E-state index is 0.123. The van der Waals surface area contributed by atoms with Crippen LogP contribution in [0.15, 0.2) is 0 Å². The van der Waals surface area contributed by atoms with E-state index >= 15 is 0 Å². The lowest BCUT2D eigenvalue weighted by Gasteiger charge is -2.33. The molecule has 0 unspecified atom stereocenters. The molecule has 1 aliphatic heterocycles. The third kappa shape index (κ3) is 3.76. The molecule has 0 radical (unpaired) electrons. The standard InChI is InChI=1S/C12H24N2O2/c1-3-4-11(13)12(15)14-7-5-10(6-8-14)9-16-2/h10-11H,3-9,13H2,1-2H3/t11-/m0/s1. The Kier molecular flexibility index (Phi) is 5.77. The number of rotatable bonds is 5. The lowest BCUT2D eigenvalue weighted by Crippen LogP contribution is -2.47. The van der Waals surface area contributed by atoms with Crippen molar-refractivity contribution in [3.63, 3.8) is 0 Å². The number of amides is 1. The van der Waals surface area contributed by atoms with Crippen LogP contribution in [0.3, 0.4) is 0 Å². The zero-order valence-electron chi connectivity index (χ0n) is 10.4. The van der Waals surface area contributed by atoms with Gasteiger partial charge >= 0.3 is 0 Å². The van der Waals surface area contributed by atoms with Crippen LogP contribution in [0.4, 0.5) is 0 Å². The molecule has 1 heterocycles. The number of carbonyl (C=O) groups is 1. The van der Waals surface area contributed by atoms with Crippen LogP contribution in [0.25, 0.3) is 0 Å². The molecule has 2 N–H and O–H groups in total. The first-order chi connectivity index (χ1) is 7.69. The molecule has 4 heteroatoms. The summed E-state index contributed by atoms with van der Waals surface area (Å²) in [4.78, 5) is 13.8. The van der Waals surface area contributed by atoms with Gasteiger partial charge in [-0.25, -0.2) is 0 Å². The minimum atomic E-state index is -0.302. The van der Waals surface area contributed by atoms with Gasteiger partial charge in [0.15, 0.2) is 0 Å². The number of ether oxygens (including phenoxy) is 1. The zero-order valence-corrected chi connectivity index (χ0v) is 10.4. The molecular formula is C12H24N2O2. The van der Waals surface area contributed by atoms with E-state index in [1.54, 1.807) is 7.11 Å². The van der Waals surface area contributed by atoms with E-state index in [1.165, 1.54) is 0 Å². The molecule has 0 spiro atoms. The first-order valence-corrected chi connectivity index (χ1v) is 6.22. The molecule has 94 valence electrons. The summed E-state index contributed by atoms with van der Waals surface area (Å²) < 4.78 is 5.13. The Labute approximate surface area is 98.1 Å². The Morgan fingerprint density at radius 3 is 2.62 bits per heavy atom. The predicted molar refractivity (Wildman–Crippen MR) is 64.1 cm³/mol. The van der Waals surface area contributed by atoms with Crippen LogP contribution in [0, 0.1) is 5.92 Å². The second-order valence-electron chi connectivity index (χ2n) is 4.62. The highest BCUT2D eigenvalue weighted by molar-refractivity contribution is 5.81. The molecule has 0 aromatic rings. The number of likely N-dealkylation sites (tertiary alicyclic amines) is 1. The molecule has 1 amide bonds. The molecule has 16 heavy (non-hydrogen) atoms. The molecule has 1 atom stereocenters. The van der Waals surface area contributed by atoms with Crippen LogP contribution in [-0.4, -0.2) is 43.7 Å². The van der Waals surface area contributed by atoms with Gasteiger partial charge < -0.3 is 15.4 Å². The van der Waals surface area contributed by atoms with E-state index in [0.29, 0.717) is 5.92 Å². The number of hydrogen-bond donors (Lipinski definition) is 1. The van der Waals surface area contributed by atoms with E-state index in [0.717, 1.165) is 45.4 Å². The van der Waals surface area contributed by atoms with Crippen molar-refractivity contribution in [2.45, 2.75) is 38.6 Å². The average Bonchev–Trinajstić information content (AvgIpc) is 2.30. The molecule has 1 saturated heterocycles. The molecule has 1 rings (SSSR count). The minimum Gasteiger partial charge on any atom is -0.384 e. The number of nitrogens with two attached hydrogens (primary N) is 1. The second-order valence-corrected chi connectivity index (χ2v) is 4.62. The van der Waals surface area contributed by atoms with Gasteiger partial charge in [0.1, 0.15) is 0 Å². The highest BCUT2D eigenvalue weighted by Gasteiger charge is 2.25. The highest BCUT2D eigenvalue weighted by Crippen LogP contribution is 2.18. The Morgan fingerprint density at radius 2 is 2.12 bits per heavy atom. The van der Waals surface area contributed by atoms with Gasteiger partial charge in [-0.05, 0) is 25.2 Å². The van der Waals surface area contributed by atoms with E-state index < -0.39 is 0 Å². The van der Waals surface area contributed by atoms with Gasteiger partial charge in [-0.15, -0.1) is 0 Å². The van der Waals surface area contributed by atoms with Crippen molar-refractivity contribution < 1.29 is 9.53 Å². The molecular weight excluding hydrogens is 204 g/mol. The lowest BCUT2D eigenvalue weighted by atomic mass is 9.97.